The lowest BCUT2D eigenvalue weighted by atomic mass is 9.88. The topological polar surface area (TPSA) is 49.3 Å². The van der Waals surface area contributed by atoms with Crippen molar-refractivity contribution < 1.29 is 9.90 Å². The van der Waals surface area contributed by atoms with Gasteiger partial charge in [0.25, 0.3) is 0 Å². The minimum absolute atomic E-state index is 0.000971. The Balaban J connectivity index is 2.07. The molecule has 2 N–H and O–H groups in total. The number of aliphatic hydroxyl groups excluding tert-OH is 1. The van der Waals surface area contributed by atoms with Gasteiger partial charge in [0, 0.05) is 11.1 Å². The molecule has 0 bridgehead atoms. The van der Waals surface area contributed by atoms with Crippen LogP contribution < -0.4 is 5.32 Å². The highest BCUT2D eigenvalue weighted by molar-refractivity contribution is 5.95. The zero-order chi connectivity index (χ0) is 12.3. The number of nitrogens with one attached hydrogen (secondary N) is 1. The van der Waals surface area contributed by atoms with E-state index < -0.39 is 0 Å². The molecule has 3 nitrogen and oxygen atoms in total. The second-order valence-electron chi connectivity index (χ2n) is 5.08. The molecule has 3 heteroatoms. The highest BCUT2D eigenvalue weighted by atomic mass is 16.3. The molecule has 92 valence electrons. The Morgan fingerprint density at radius 2 is 2.12 bits per heavy atom. The summed E-state index contributed by atoms with van der Waals surface area (Å²) >= 11 is 0. The van der Waals surface area contributed by atoms with Gasteiger partial charge in [-0.2, -0.15) is 0 Å². The average molecular weight is 233 g/mol. The van der Waals surface area contributed by atoms with Gasteiger partial charge in [0.15, 0.2) is 0 Å². The third-order valence-corrected chi connectivity index (χ3v) is 3.62. The molecule has 1 saturated carbocycles. The fourth-order valence-corrected chi connectivity index (χ4v) is 2.41. The van der Waals surface area contributed by atoms with Crippen molar-refractivity contribution in [1.82, 2.24) is 0 Å². The fourth-order valence-electron chi connectivity index (χ4n) is 2.41. The summed E-state index contributed by atoms with van der Waals surface area (Å²) in [6.07, 6.45) is 4.22. The van der Waals surface area contributed by atoms with Crippen LogP contribution in [0, 0.1) is 5.41 Å². The van der Waals surface area contributed by atoms with Crippen LogP contribution in [-0.4, -0.2) is 11.0 Å². The van der Waals surface area contributed by atoms with E-state index >= 15 is 0 Å². The maximum atomic E-state index is 12.2. The second-order valence-corrected chi connectivity index (χ2v) is 5.08. The number of carbonyl (C=O) groups is 1. The second kappa shape index (κ2) is 4.88. The van der Waals surface area contributed by atoms with Crippen molar-refractivity contribution in [3.63, 3.8) is 0 Å². The van der Waals surface area contributed by atoms with Gasteiger partial charge >= 0.3 is 0 Å². The van der Waals surface area contributed by atoms with Gasteiger partial charge in [-0.05, 0) is 30.5 Å². The molecule has 1 aromatic rings. The Bertz CT molecular complexity index is 408. The summed E-state index contributed by atoms with van der Waals surface area (Å²) in [5.41, 5.74) is 1.38. The standard InChI is InChI=1S/C14H19NO2/c1-14(7-2-3-8-14)13(17)15-12-6-4-5-11(9-12)10-16/h4-6,9,16H,2-3,7-8,10H2,1H3,(H,15,17). The lowest BCUT2D eigenvalue weighted by Crippen LogP contribution is -2.30. The molecular weight excluding hydrogens is 214 g/mol. The van der Waals surface area contributed by atoms with Crippen LogP contribution in [0.15, 0.2) is 24.3 Å². The van der Waals surface area contributed by atoms with E-state index in [1.54, 1.807) is 0 Å². The van der Waals surface area contributed by atoms with Crippen LogP contribution in [0.4, 0.5) is 5.69 Å². The summed E-state index contributed by atoms with van der Waals surface area (Å²) in [4.78, 5) is 12.2. The van der Waals surface area contributed by atoms with E-state index in [1.807, 2.05) is 31.2 Å². The monoisotopic (exact) mass is 233 g/mol. The first-order valence-electron chi connectivity index (χ1n) is 6.15. The molecule has 0 saturated heterocycles. The summed E-state index contributed by atoms with van der Waals surface area (Å²) in [5, 5.41) is 12.0. The van der Waals surface area contributed by atoms with E-state index in [9.17, 15) is 4.79 Å². The number of benzene rings is 1. The molecule has 17 heavy (non-hydrogen) atoms. The van der Waals surface area contributed by atoms with Gasteiger partial charge in [-0.1, -0.05) is 31.9 Å². The van der Waals surface area contributed by atoms with Crippen LogP contribution in [0.25, 0.3) is 0 Å². The van der Waals surface area contributed by atoms with Crippen LogP contribution in [0.1, 0.15) is 38.2 Å². The zero-order valence-electron chi connectivity index (χ0n) is 10.2. The summed E-state index contributed by atoms with van der Waals surface area (Å²) in [6.45, 7) is 2.03. The number of carbonyl (C=O) groups excluding carboxylic acids is 1. The summed E-state index contributed by atoms with van der Waals surface area (Å²) in [7, 11) is 0. The quantitative estimate of drug-likeness (QED) is 0.843. The first-order valence-corrected chi connectivity index (χ1v) is 6.15. The van der Waals surface area contributed by atoms with Gasteiger partial charge in [0.2, 0.25) is 5.91 Å². The van der Waals surface area contributed by atoms with Crippen molar-refractivity contribution >= 4 is 11.6 Å². The maximum absolute atomic E-state index is 12.2. The maximum Gasteiger partial charge on any atom is 0.230 e. The molecular formula is C14H19NO2. The smallest absolute Gasteiger partial charge is 0.230 e. The van der Waals surface area contributed by atoms with Gasteiger partial charge in [-0.15, -0.1) is 0 Å². The molecule has 1 aliphatic rings. The predicted molar refractivity (Wildman–Crippen MR) is 67.6 cm³/mol. The van der Waals surface area contributed by atoms with E-state index in [0.29, 0.717) is 0 Å². The van der Waals surface area contributed by atoms with Gasteiger partial charge in [0.1, 0.15) is 0 Å². The van der Waals surface area contributed by atoms with Gasteiger partial charge in [-0.3, -0.25) is 4.79 Å². The average Bonchev–Trinajstić information content (AvgIpc) is 2.78. The van der Waals surface area contributed by atoms with Crippen LogP contribution in [0.3, 0.4) is 0 Å². The molecule has 1 aliphatic carbocycles. The Morgan fingerprint density at radius 1 is 1.41 bits per heavy atom. The Morgan fingerprint density at radius 3 is 2.76 bits per heavy atom. The summed E-state index contributed by atoms with van der Waals surface area (Å²) < 4.78 is 0. The van der Waals surface area contributed by atoms with Crippen molar-refractivity contribution in [1.29, 1.82) is 0 Å². The third-order valence-electron chi connectivity index (χ3n) is 3.62. The number of rotatable bonds is 3. The lowest BCUT2D eigenvalue weighted by molar-refractivity contribution is -0.124. The molecule has 0 unspecified atom stereocenters. The minimum Gasteiger partial charge on any atom is -0.392 e. The van der Waals surface area contributed by atoms with E-state index in [2.05, 4.69) is 5.32 Å². The number of amides is 1. The number of hydrogen-bond donors (Lipinski definition) is 2. The molecule has 1 fully saturated rings. The first-order chi connectivity index (χ1) is 8.14. The Hall–Kier alpha value is -1.35. The molecule has 2 rings (SSSR count). The molecule has 0 aromatic heterocycles. The molecule has 1 aromatic carbocycles. The minimum atomic E-state index is -0.213. The molecule has 1 amide bonds. The molecule has 0 atom stereocenters. The van der Waals surface area contributed by atoms with Crippen LogP contribution >= 0.6 is 0 Å². The number of anilines is 1. The van der Waals surface area contributed by atoms with Gasteiger partial charge in [0.05, 0.1) is 6.61 Å². The summed E-state index contributed by atoms with van der Waals surface area (Å²) in [6, 6.07) is 7.36. The Labute approximate surface area is 102 Å². The number of aliphatic hydroxyl groups is 1. The van der Waals surface area contributed by atoms with Crippen LogP contribution in [0.5, 0.6) is 0 Å². The zero-order valence-corrected chi connectivity index (χ0v) is 10.2. The molecule has 0 spiro atoms. The molecule has 0 heterocycles. The fraction of sp³-hybridized carbons (Fsp3) is 0.500. The van der Waals surface area contributed by atoms with E-state index in [1.165, 1.54) is 0 Å². The van der Waals surface area contributed by atoms with Crippen molar-refractivity contribution in [3.8, 4) is 0 Å². The SMILES string of the molecule is CC1(C(=O)Nc2cccc(CO)c2)CCCC1. The largest absolute Gasteiger partial charge is 0.392 e. The van der Waals surface area contributed by atoms with E-state index in [-0.39, 0.29) is 17.9 Å². The molecule has 0 radical (unpaired) electrons. The first kappa shape index (κ1) is 12.1. The third kappa shape index (κ3) is 2.67. The highest BCUT2D eigenvalue weighted by Crippen LogP contribution is 2.38. The van der Waals surface area contributed by atoms with Crippen LogP contribution in [-0.2, 0) is 11.4 Å². The summed E-state index contributed by atoms with van der Waals surface area (Å²) in [5.74, 6) is 0.102. The van der Waals surface area contributed by atoms with Crippen molar-refractivity contribution in [2.75, 3.05) is 5.32 Å². The molecule has 0 aliphatic heterocycles. The normalized spacial score (nSPS) is 18.0. The Kier molecular flexibility index (Phi) is 3.48. The lowest BCUT2D eigenvalue weighted by Gasteiger charge is -2.22. The van der Waals surface area contributed by atoms with E-state index in [0.717, 1.165) is 36.9 Å². The van der Waals surface area contributed by atoms with Crippen molar-refractivity contribution in [3.05, 3.63) is 29.8 Å². The van der Waals surface area contributed by atoms with Crippen LogP contribution in [0.2, 0.25) is 0 Å². The highest BCUT2D eigenvalue weighted by Gasteiger charge is 2.36. The van der Waals surface area contributed by atoms with Crippen molar-refractivity contribution in [2.24, 2.45) is 5.41 Å². The van der Waals surface area contributed by atoms with Gasteiger partial charge < -0.3 is 10.4 Å². The van der Waals surface area contributed by atoms with Crippen molar-refractivity contribution in [2.45, 2.75) is 39.2 Å². The van der Waals surface area contributed by atoms with E-state index in [4.69, 9.17) is 5.11 Å². The van der Waals surface area contributed by atoms with Gasteiger partial charge in [-0.25, -0.2) is 0 Å². The number of hydrogen-bond acceptors (Lipinski definition) is 2. The predicted octanol–water partition coefficient (Wildman–Crippen LogP) is 2.70.